The molecule has 0 spiro atoms. The van der Waals surface area contributed by atoms with E-state index in [1.54, 1.807) is 25.1 Å². The normalized spacial score (nSPS) is 10.8. The molecule has 0 atom stereocenters. The Hall–Kier alpha value is -0.990. The molecule has 0 saturated carbocycles. The number of carbonyl (C=O) groups excluding carboxylic acids is 1. The number of aliphatic hydroxyl groups is 1. The first-order valence-electron chi connectivity index (χ1n) is 6.47. The summed E-state index contributed by atoms with van der Waals surface area (Å²) in [6, 6.07) is 5.20. The summed E-state index contributed by atoms with van der Waals surface area (Å²) < 4.78 is 0. The minimum Gasteiger partial charge on any atom is -0.396 e. The molecule has 122 valence electrons. The van der Waals surface area contributed by atoms with Crippen LogP contribution in [-0.4, -0.2) is 33.3 Å². The molecule has 23 heavy (non-hydrogen) atoms. The molecule has 2 aromatic rings. The summed E-state index contributed by atoms with van der Waals surface area (Å²) in [6.45, 7) is 1.76. The van der Waals surface area contributed by atoms with E-state index in [2.05, 4.69) is 9.97 Å². The fourth-order valence-corrected chi connectivity index (χ4v) is 4.05. The van der Waals surface area contributed by atoms with E-state index in [9.17, 15) is 4.79 Å². The van der Waals surface area contributed by atoms with Crippen LogP contribution in [0.2, 0.25) is 10.0 Å². The second-order valence-electron chi connectivity index (χ2n) is 4.38. The Bertz CT molecular complexity index is 744. The van der Waals surface area contributed by atoms with Crippen molar-refractivity contribution in [3.63, 3.8) is 0 Å². The van der Waals surface area contributed by atoms with Gasteiger partial charge in [0.05, 0.1) is 22.2 Å². The van der Waals surface area contributed by atoms with Gasteiger partial charge in [-0.05, 0) is 25.1 Å². The number of aryl methyl sites for hydroxylation is 1. The summed E-state index contributed by atoms with van der Waals surface area (Å²) in [5.41, 5.74) is 5.87. The van der Waals surface area contributed by atoms with Gasteiger partial charge in [0.1, 0.15) is 5.03 Å². The van der Waals surface area contributed by atoms with Gasteiger partial charge in [-0.1, -0.05) is 35.0 Å². The minimum atomic E-state index is -0.694. The number of aromatic nitrogens is 2. The highest BCUT2D eigenvalue weighted by Gasteiger charge is 2.17. The van der Waals surface area contributed by atoms with Crippen molar-refractivity contribution < 1.29 is 9.90 Å². The molecule has 0 saturated heterocycles. The van der Waals surface area contributed by atoms with E-state index in [0.717, 1.165) is 9.79 Å². The van der Waals surface area contributed by atoms with E-state index in [-0.39, 0.29) is 12.4 Å². The standard InChI is InChI=1S/C14H13Cl2N3O2S2/c1-7-11(23-10-3-2-8(15)6-9(10)16)14(22-5-4-20)19-13(18-7)12(17)21/h2-3,6,20H,4-5H2,1H3,(H2,17,21). The van der Waals surface area contributed by atoms with Gasteiger partial charge in [-0.2, -0.15) is 0 Å². The van der Waals surface area contributed by atoms with Crippen LogP contribution in [0.3, 0.4) is 0 Å². The molecule has 1 aromatic heterocycles. The molecule has 1 aromatic carbocycles. The fraction of sp³-hybridized carbons (Fsp3) is 0.214. The van der Waals surface area contributed by atoms with Crippen LogP contribution in [0.25, 0.3) is 0 Å². The third-order valence-corrected chi connectivity index (χ3v) is 5.67. The second-order valence-corrected chi connectivity index (χ2v) is 7.36. The quantitative estimate of drug-likeness (QED) is 0.580. The average molecular weight is 390 g/mol. The van der Waals surface area contributed by atoms with E-state index in [4.69, 9.17) is 34.0 Å². The van der Waals surface area contributed by atoms with Crippen molar-refractivity contribution in [2.45, 2.75) is 21.7 Å². The van der Waals surface area contributed by atoms with Gasteiger partial charge < -0.3 is 10.8 Å². The zero-order valence-corrected chi connectivity index (χ0v) is 15.2. The third-order valence-electron chi connectivity index (χ3n) is 2.66. The first kappa shape index (κ1) is 18.4. The summed E-state index contributed by atoms with van der Waals surface area (Å²) in [7, 11) is 0. The summed E-state index contributed by atoms with van der Waals surface area (Å²) in [5.74, 6) is -0.300. The Morgan fingerprint density at radius 3 is 2.70 bits per heavy atom. The van der Waals surface area contributed by atoms with Crippen LogP contribution in [0.1, 0.15) is 16.3 Å². The Morgan fingerprint density at radius 2 is 2.09 bits per heavy atom. The molecular weight excluding hydrogens is 377 g/mol. The Balaban J connectivity index is 2.44. The zero-order valence-electron chi connectivity index (χ0n) is 12.0. The van der Waals surface area contributed by atoms with Gasteiger partial charge in [0, 0.05) is 15.7 Å². The average Bonchev–Trinajstić information content (AvgIpc) is 2.49. The highest BCUT2D eigenvalue weighted by Crippen LogP contribution is 2.40. The molecule has 9 heteroatoms. The number of thioether (sulfide) groups is 1. The topological polar surface area (TPSA) is 89.1 Å². The fourth-order valence-electron chi connectivity index (χ4n) is 1.67. The largest absolute Gasteiger partial charge is 0.396 e. The molecule has 0 aliphatic heterocycles. The molecular formula is C14H13Cl2N3O2S2. The number of rotatable bonds is 6. The van der Waals surface area contributed by atoms with E-state index < -0.39 is 5.91 Å². The van der Waals surface area contributed by atoms with E-state index in [1.807, 2.05) is 0 Å². The van der Waals surface area contributed by atoms with E-state index in [0.29, 0.717) is 26.5 Å². The van der Waals surface area contributed by atoms with Gasteiger partial charge in [0.2, 0.25) is 5.82 Å². The lowest BCUT2D eigenvalue weighted by atomic mass is 10.4. The van der Waals surface area contributed by atoms with Gasteiger partial charge in [0.15, 0.2) is 0 Å². The number of nitrogens with two attached hydrogens (primary N) is 1. The smallest absolute Gasteiger partial charge is 0.286 e. The number of benzene rings is 1. The van der Waals surface area contributed by atoms with Crippen LogP contribution in [0.4, 0.5) is 0 Å². The molecule has 0 aliphatic carbocycles. The van der Waals surface area contributed by atoms with Crippen LogP contribution in [-0.2, 0) is 0 Å². The van der Waals surface area contributed by atoms with E-state index >= 15 is 0 Å². The van der Waals surface area contributed by atoms with Crippen molar-refractivity contribution in [3.8, 4) is 0 Å². The van der Waals surface area contributed by atoms with Crippen molar-refractivity contribution in [2.75, 3.05) is 12.4 Å². The van der Waals surface area contributed by atoms with Crippen LogP contribution < -0.4 is 5.73 Å². The van der Waals surface area contributed by atoms with Gasteiger partial charge >= 0.3 is 0 Å². The summed E-state index contributed by atoms with van der Waals surface area (Å²) in [5, 5.41) is 10.7. The maximum Gasteiger partial charge on any atom is 0.286 e. The summed E-state index contributed by atoms with van der Waals surface area (Å²) >= 11 is 14.8. The number of halogens is 2. The SMILES string of the molecule is Cc1nc(C(N)=O)nc(SCCO)c1Sc1ccc(Cl)cc1Cl. The van der Waals surface area contributed by atoms with Gasteiger partial charge in [0.25, 0.3) is 5.91 Å². The molecule has 1 amide bonds. The molecule has 2 rings (SSSR count). The highest BCUT2D eigenvalue weighted by molar-refractivity contribution is 8.02. The Labute approximate surface area is 152 Å². The maximum atomic E-state index is 11.3. The molecule has 3 N–H and O–H groups in total. The minimum absolute atomic E-state index is 0.00850. The number of primary amides is 1. The molecule has 0 bridgehead atoms. The van der Waals surface area contributed by atoms with Crippen LogP contribution in [0, 0.1) is 6.92 Å². The lowest BCUT2D eigenvalue weighted by Gasteiger charge is -2.12. The third kappa shape index (κ3) is 4.74. The van der Waals surface area contributed by atoms with Crippen molar-refractivity contribution in [3.05, 3.63) is 39.8 Å². The highest BCUT2D eigenvalue weighted by atomic mass is 35.5. The first-order chi connectivity index (χ1) is 10.9. The van der Waals surface area contributed by atoms with Crippen molar-refractivity contribution >= 4 is 52.6 Å². The second kappa shape index (κ2) is 8.21. The molecule has 0 fully saturated rings. The maximum absolute atomic E-state index is 11.3. The Kier molecular flexibility index (Phi) is 6.55. The zero-order chi connectivity index (χ0) is 17.0. The number of nitrogens with zero attached hydrogens (tertiary/aromatic N) is 2. The van der Waals surface area contributed by atoms with Crippen molar-refractivity contribution in [1.29, 1.82) is 0 Å². The summed E-state index contributed by atoms with van der Waals surface area (Å²) in [4.78, 5) is 21.2. The van der Waals surface area contributed by atoms with Crippen LogP contribution in [0.15, 0.2) is 33.0 Å². The molecule has 5 nitrogen and oxygen atoms in total. The van der Waals surface area contributed by atoms with Crippen molar-refractivity contribution in [2.24, 2.45) is 5.73 Å². The Morgan fingerprint density at radius 1 is 1.35 bits per heavy atom. The number of aliphatic hydroxyl groups excluding tert-OH is 1. The lowest BCUT2D eigenvalue weighted by molar-refractivity contribution is 0.0989. The molecule has 0 radical (unpaired) electrons. The van der Waals surface area contributed by atoms with Gasteiger partial charge in [-0.25, -0.2) is 9.97 Å². The van der Waals surface area contributed by atoms with Gasteiger partial charge in [-0.15, -0.1) is 11.8 Å². The number of hydrogen-bond acceptors (Lipinski definition) is 6. The lowest BCUT2D eigenvalue weighted by Crippen LogP contribution is -2.17. The summed E-state index contributed by atoms with van der Waals surface area (Å²) in [6.07, 6.45) is 0. The van der Waals surface area contributed by atoms with Crippen molar-refractivity contribution in [1.82, 2.24) is 9.97 Å². The predicted molar refractivity (Wildman–Crippen MR) is 93.7 cm³/mol. The number of carbonyl (C=O) groups is 1. The number of hydrogen-bond donors (Lipinski definition) is 2. The van der Waals surface area contributed by atoms with Crippen LogP contribution in [0.5, 0.6) is 0 Å². The van der Waals surface area contributed by atoms with Crippen LogP contribution >= 0.6 is 46.7 Å². The van der Waals surface area contributed by atoms with Gasteiger partial charge in [-0.3, -0.25) is 4.79 Å². The predicted octanol–water partition coefficient (Wildman–Crippen LogP) is 3.43. The monoisotopic (exact) mass is 389 g/mol. The first-order valence-corrected chi connectivity index (χ1v) is 9.03. The molecule has 0 aliphatic rings. The molecule has 0 unspecified atom stereocenters. The number of amides is 1. The van der Waals surface area contributed by atoms with E-state index in [1.165, 1.54) is 23.5 Å². The molecule has 1 heterocycles.